The molecule has 2 aromatic heterocycles. The van der Waals surface area contributed by atoms with Crippen LogP contribution in [0.4, 0.5) is 5.95 Å². The average molecular weight is 387 g/mol. The van der Waals surface area contributed by atoms with Crippen LogP contribution in [0, 0.1) is 0 Å². The molecule has 2 heterocycles. The van der Waals surface area contributed by atoms with E-state index in [1.807, 2.05) is 26.2 Å². The van der Waals surface area contributed by atoms with E-state index < -0.39 is 0 Å². The average Bonchev–Trinajstić information content (AvgIpc) is 3.06. The third-order valence-corrected chi connectivity index (χ3v) is 3.96. The van der Waals surface area contributed by atoms with Crippen LogP contribution >= 0.6 is 11.6 Å². The third kappa shape index (κ3) is 4.43. The van der Waals surface area contributed by atoms with E-state index in [2.05, 4.69) is 15.0 Å². The molecule has 3 rings (SSSR count). The molecule has 0 aliphatic rings. The number of anilines is 1. The van der Waals surface area contributed by atoms with Crippen LogP contribution in [0.1, 0.15) is 12.7 Å². The minimum absolute atomic E-state index is 0.0184. The lowest BCUT2D eigenvalue weighted by Gasteiger charge is -2.08. The number of oxazole rings is 1. The number of rotatable bonds is 6. The number of esters is 1. The highest BCUT2D eigenvalue weighted by molar-refractivity contribution is 6.30. The summed E-state index contributed by atoms with van der Waals surface area (Å²) in [4.78, 5) is 26.9. The smallest absolute Gasteiger partial charge is 0.313 e. The van der Waals surface area contributed by atoms with Gasteiger partial charge in [0.05, 0.1) is 12.2 Å². The van der Waals surface area contributed by atoms with Gasteiger partial charge in [-0.1, -0.05) is 23.7 Å². The summed E-state index contributed by atoms with van der Waals surface area (Å²) in [7, 11) is 3.71. The fourth-order valence-corrected chi connectivity index (χ4v) is 2.56. The Balaban J connectivity index is 2.00. The van der Waals surface area contributed by atoms with Gasteiger partial charge < -0.3 is 14.1 Å². The minimum atomic E-state index is -0.380. The number of hydrogen-bond acceptors (Lipinski definition) is 7. The molecule has 140 valence electrons. The quantitative estimate of drug-likeness (QED) is 0.598. The van der Waals surface area contributed by atoms with Crippen molar-refractivity contribution in [1.82, 2.24) is 15.0 Å². The molecule has 0 aliphatic heterocycles. The number of nitrogens with zero attached hydrogens (tertiary/aromatic N) is 4. The summed E-state index contributed by atoms with van der Waals surface area (Å²) in [6, 6.07) is 7.16. The number of halogens is 1. The minimum Gasteiger partial charge on any atom is -0.466 e. The molecular formula is C19H19ClN4O3. The van der Waals surface area contributed by atoms with E-state index in [1.165, 1.54) is 0 Å². The van der Waals surface area contributed by atoms with Crippen LogP contribution in [-0.2, 0) is 16.0 Å². The van der Waals surface area contributed by atoms with Crippen molar-refractivity contribution in [3.05, 3.63) is 47.4 Å². The fourth-order valence-electron chi connectivity index (χ4n) is 2.43. The van der Waals surface area contributed by atoms with Crippen molar-refractivity contribution in [3.63, 3.8) is 0 Å². The maximum absolute atomic E-state index is 12.0. The summed E-state index contributed by atoms with van der Waals surface area (Å²) in [5.41, 5.74) is 1.97. The molecule has 0 aliphatic carbocycles. The van der Waals surface area contributed by atoms with Crippen LogP contribution in [0.2, 0.25) is 5.02 Å². The van der Waals surface area contributed by atoms with E-state index >= 15 is 0 Å². The normalized spacial score (nSPS) is 10.7. The van der Waals surface area contributed by atoms with Crippen molar-refractivity contribution in [2.45, 2.75) is 13.3 Å². The van der Waals surface area contributed by atoms with E-state index in [0.717, 1.165) is 5.56 Å². The van der Waals surface area contributed by atoms with Gasteiger partial charge in [0.1, 0.15) is 17.9 Å². The predicted molar refractivity (Wildman–Crippen MR) is 103 cm³/mol. The van der Waals surface area contributed by atoms with Gasteiger partial charge in [0.25, 0.3) is 0 Å². The Morgan fingerprint density at radius 3 is 2.41 bits per heavy atom. The Hall–Kier alpha value is -2.93. The summed E-state index contributed by atoms with van der Waals surface area (Å²) in [5.74, 6) is 0.955. The molecule has 0 fully saturated rings. The molecule has 0 bridgehead atoms. The standard InChI is InChI=1S/C19H19ClN4O3/c1-4-26-16(25)9-15-17(12-5-7-14(20)8-6-12)23-18(27-15)13-10-21-19(22-11-13)24(2)3/h5-8,10-11H,4,9H2,1-3H3. The molecule has 0 N–H and O–H groups in total. The molecule has 0 saturated heterocycles. The van der Waals surface area contributed by atoms with Gasteiger partial charge in [-0.2, -0.15) is 0 Å². The number of benzene rings is 1. The summed E-state index contributed by atoms with van der Waals surface area (Å²) >= 11 is 5.97. The van der Waals surface area contributed by atoms with Crippen LogP contribution in [0.3, 0.4) is 0 Å². The lowest BCUT2D eigenvalue weighted by molar-refractivity contribution is -0.142. The number of hydrogen-bond donors (Lipinski definition) is 0. The van der Waals surface area contributed by atoms with Crippen LogP contribution in [0.25, 0.3) is 22.7 Å². The van der Waals surface area contributed by atoms with Gasteiger partial charge in [0.15, 0.2) is 0 Å². The van der Waals surface area contributed by atoms with Gasteiger partial charge in [-0.3, -0.25) is 4.79 Å². The lowest BCUT2D eigenvalue weighted by Crippen LogP contribution is -2.12. The fraction of sp³-hybridized carbons (Fsp3) is 0.263. The van der Waals surface area contributed by atoms with E-state index in [0.29, 0.717) is 40.5 Å². The summed E-state index contributed by atoms with van der Waals surface area (Å²) < 4.78 is 10.9. The molecule has 0 spiro atoms. The largest absolute Gasteiger partial charge is 0.466 e. The van der Waals surface area contributed by atoms with Crippen LogP contribution in [-0.4, -0.2) is 41.6 Å². The van der Waals surface area contributed by atoms with Crippen molar-refractivity contribution in [3.8, 4) is 22.7 Å². The van der Waals surface area contributed by atoms with Crippen molar-refractivity contribution in [2.75, 3.05) is 25.6 Å². The Labute approximate surface area is 162 Å². The first-order valence-corrected chi connectivity index (χ1v) is 8.76. The summed E-state index contributed by atoms with van der Waals surface area (Å²) in [6.45, 7) is 2.06. The van der Waals surface area contributed by atoms with E-state index in [-0.39, 0.29) is 12.4 Å². The Morgan fingerprint density at radius 2 is 1.81 bits per heavy atom. The highest BCUT2D eigenvalue weighted by atomic mass is 35.5. The lowest BCUT2D eigenvalue weighted by atomic mass is 10.1. The van der Waals surface area contributed by atoms with Crippen LogP contribution in [0.15, 0.2) is 41.1 Å². The summed E-state index contributed by atoms with van der Waals surface area (Å²) in [5, 5.41) is 0.613. The Bertz CT molecular complexity index is 921. The molecule has 7 nitrogen and oxygen atoms in total. The molecule has 0 atom stereocenters. The Morgan fingerprint density at radius 1 is 1.15 bits per heavy atom. The first-order chi connectivity index (χ1) is 13.0. The SMILES string of the molecule is CCOC(=O)Cc1oc(-c2cnc(N(C)C)nc2)nc1-c1ccc(Cl)cc1. The number of aromatic nitrogens is 3. The van der Waals surface area contributed by atoms with Crippen molar-refractivity contribution in [1.29, 1.82) is 0 Å². The highest BCUT2D eigenvalue weighted by Crippen LogP contribution is 2.30. The van der Waals surface area contributed by atoms with E-state index in [9.17, 15) is 4.79 Å². The van der Waals surface area contributed by atoms with Gasteiger partial charge in [0.2, 0.25) is 11.8 Å². The predicted octanol–water partition coefficient (Wildman–Crippen LogP) is 3.62. The second kappa shape index (κ2) is 8.18. The highest BCUT2D eigenvalue weighted by Gasteiger charge is 2.20. The molecule has 1 aromatic carbocycles. The maximum Gasteiger partial charge on any atom is 0.313 e. The zero-order chi connectivity index (χ0) is 19.4. The zero-order valence-corrected chi connectivity index (χ0v) is 16.0. The molecule has 0 saturated carbocycles. The van der Waals surface area contributed by atoms with E-state index in [4.69, 9.17) is 20.8 Å². The van der Waals surface area contributed by atoms with E-state index in [1.54, 1.807) is 36.4 Å². The Kier molecular flexibility index (Phi) is 5.71. The van der Waals surface area contributed by atoms with Crippen LogP contribution < -0.4 is 4.90 Å². The first kappa shape index (κ1) is 18.8. The molecule has 0 radical (unpaired) electrons. The van der Waals surface area contributed by atoms with Gasteiger partial charge in [-0.15, -0.1) is 0 Å². The first-order valence-electron chi connectivity index (χ1n) is 8.39. The number of carbonyl (C=O) groups excluding carboxylic acids is 1. The monoisotopic (exact) mass is 386 g/mol. The molecular weight excluding hydrogens is 368 g/mol. The molecule has 8 heteroatoms. The number of ether oxygens (including phenoxy) is 1. The van der Waals surface area contributed by atoms with Gasteiger partial charge in [-0.25, -0.2) is 15.0 Å². The number of carbonyl (C=O) groups is 1. The van der Waals surface area contributed by atoms with Crippen molar-refractivity contribution >= 4 is 23.5 Å². The second-order valence-electron chi connectivity index (χ2n) is 5.95. The molecule has 3 aromatic rings. The second-order valence-corrected chi connectivity index (χ2v) is 6.38. The van der Waals surface area contributed by atoms with Crippen molar-refractivity contribution in [2.24, 2.45) is 0 Å². The molecule has 27 heavy (non-hydrogen) atoms. The van der Waals surface area contributed by atoms with Crippen LogP contribution in [0.5, 0.6) is 0 Å². The topological polar surface area (TPSA) is 81.4 Å². The molecule has 0 unspecified atom stereocenters. The third-order valence-electron chi connectivity index (χ3n) is 3.71. The zero-order valence-electron chi connectivity index (χ0n) is 15.3. The van der Waals surface area contributed by atoms with Gasteiger partial charge >= 0.3 is 5.97 Å². The summed E-state index contributed by atoms with van der Waals surface area (Å²) in [6.07, 6.45) is 3.25. The van der Waals surface area contributed by atoms with Gasteiger partial charge in [0, 0.05) is 37.1 Å². The van der Waals surface area contributed by atoms with Gasteiger partial charge in [-0.05, 0) is 19.1 Å². The van der Waals surface area contributed by atoms with Crippen molar-refractivity contribution < 1.29 is 13.9 Å². The molecule has 0 amide bonds. The maximum atomic E-state index is 12.0.